The highest BCUT2D eigenvalue weighted by Crippen LogP contribution is 2.13. The number of urea groups is 1. The summed E-state index contributed by atoms with van der Waals surface area (Å²) in [6.07, 6.45) is 1.80. The number of anilines is 2. The Bertz CT molecular complexity index is 689. The summed E-state index contributed by atoms with van der Waals surface area (Å²) in [5.41, 5.74) is 1.70. The largest absolute Gasteiger partial charge is 0.337 e. The van der Waals surface area contributed by atoms with Crippen LogP contribution in [-0.2, 0) is 4.79 Å². The average molecular weight is 377 g/mol. The van der Waals surface area contributed by atoms with Gasteiger partial charge in [-0.3, -0.25) is 4.79 Å². The quantitative estimate of drug-likeness (QED) is 0.748. The summed E-state index contributed by atoms with van der Waals surface area (Å²) in [5.74, 6) is 0.307. The Morgan fingerprint density at radius 3 is 2.57 bits per heavy atom. The summed E-state index contributed by atoms with van der Waals surface area (Å²) in [5, 5.41) is 8.00. The molecule has 2 rings (SSSR count). The van der Waals surface area contributed by atoms with Crippen LogP contribution in [0.1, 0.15) is 12.0 Å². The molecule has 0 saturated heterocycles. The highest BCUT2D eigenvalue weighted by molar-refractivity contribution is 9.10. The lowest BCUT2D eigenvalue weighted by Gasteiger charge is -2.08. The summed E-state index contributed by atoms with van der Waals surface area (Å²) in [7, 11) is 0. The van der Waals surface area contributed by atoms with Gasteiger partial charge in [-0.25, -0.2) is 9.78 Å². The van der Waals surface area contributed by atoms with Crippen molar-refractivity contribution in [3.63, 3.8) is 0 Å². The van der Waals surface area contributed by atoms with Crippen molar-refractivity contribution in [1.29, 1.82) is 0 Å². The van der Waals surface area contributed by atoms with Crippen molar-refractivity contribution in [3.05, 3.63) is 52.6 Å². The van der Waals surface area contributed by atoms with Crippen molar-refractivity contribution in [2.45, 2.75) is 13.3 Å². The van der Waals surface area contributed by atoms with E-state index in [0.29, 0.717) is 11.5 Å². The molecule has 0 spiro atoms. The normalized spacial score (nSPS) is 10.0. The van der Waals surface area contributed by atoms with E-state index in [4.69, 9.17) is 0 Å². The summed E-state index contributed by atoms with van der Waals surface area (Å²) in [6, 6.07) is 10.5. The topological polar surface area (TPSA) is 83.1 Å². The second-order valence-corrected chi connectivity index (χ2v) is 5.82. The van der Waals surface area contributed by atoms with Crippen molar-refractivity contribution in [2.24, 2.45) is 0 Å². The van der Waals surface area contributed by atoms with Crippen molar-refractivity contribution in [2.75, 3.05) is 17.2 Å². The molecule has 1 aromatic carbocycles. The highest BCUT2D eigenvalue weighted by Gasteiger charge is 2.05. The van der Waals surface area contributed by atoms with Crippen LogP contribution in [-0.4, -0.2) is 23.5 Å². The summed E-state index contributed by atoms with van der Waals surface area (Å²) in [6.45, 7) is 2.16. The van der Waals surface area contributed by atoms with Gasteiger partial charge in [0.05, 0.1) is 0 Å². The van der Waals surface area contributed by atoms with Gasteiger partial charge < -0.3 is 16.0 Å². The predicted molar refractivity (Wildman–Crippen MR) is 93.4 cm³/mol. The zero-order chi connectivity index (χ0) is 16.7. The van der Waals surface area contributed by atoms with Crippen LogP contribution in [0.5, 0.6) is 0 Å². The van der Waals surface area contributed by atoms with Gasteiger partial charge >= 0.3 is 6.03 Å². The Hall–Kier alpha value is -2.41. The zero-order valence-corrected chi connectivity index (χ0v) is 14.2. The lowest BCUT2D eigenvalue weighted by atomic mass is 10.3. The second-order valence-electron chi connectivity index (χ2n) is 4.90. The average Bonchev–Trinajstić information content (AvgIpc) is 2.49. The van der Waals surface area contributed by atoms with E-state index in [-0.39, 0.29) is 24.9 Å². The van der Waals surface area contributed by atoms with Crippen molar-refractivity contribution < 1.29 is 9.59 Å². The molecule has 2 aromatic rings. The van der Waals surface area contributed by atoms with Gasteiger partial charge in [-0.1, -0.05) is 15.9 Å². The number of carbonyl (C=O) groups is 2. The summed E-state index contributed by atoms with van der Waals surface area (Å²) in [4.78, 5) is 27.5. The molecule has 0 unspecified atom stereocenters. The fourth-order valence-corrected chi connectivity index (χ4v) is 2.07. The van der Waals surface area contributed by atoms with Gasteiger partial charge in [0.15, 0.2) is 0 Å². The van der Waals surface area contributed by atoms with Gasteiger partial charge in [0.2, 0.25) is 5.91 Å². The first-order valence-corrected chi connectivity index (χ1v) is 7.85. The minimum Gasteiger partial charge on any atom is -0.337 e. The molecule has 6 nitrogen and oxygen atoms in total. The fourth-order valence-electron chi connectivity index (χ4n) is 1.81. The van der Waals surface area contributed by atoms with E-state index < -0.39 is 0 Å². The third-order valence-electron chi connectivity index (χ3n) is 2.92. The molecule has 0 atom stereocenters. The Balaban J connectivity index is 1.70. The third-order valence-corrected chi connectivity index (χ3v) is 3.45. The van der Waals surface area contributed by atoms with Crippen molar-refractivity contribution in [3.8, 4) is 0 Å². The van der Waals surface area contributed by atoms with Gasteiger partial charge in [-0.15, -0.1) is 0 Å². The fraction of sp³-hybridized carbons (Fsp3) is 0.188. The number of hydrogen-bond donors (Lipinski definition) is 3. The number of pyridine rings is 1. The molecule has 7 heteroatoms. The van der Waals surface area contributed by atoms with Crippen LogP contribution in [0, 0.1) is 6.92 Å². The Morgan fingerprint density at radius 1 is 1.13 bits per heavy atom. The maximum absolute atomic E-state index is 11.8. The number of amides is 3. The molecule has 0 aliphatic rings. The van der Waals surface area contributed by atoms with E-state index in [1.165, 1.54) is 0 Å². The molecule has 23 heavy (non-hydrogen) atoms. The monoisotopic (exact) mass is 376 g/mol. The molecule has 0 aliphatic heterocycles. The summed E-state index contributed by atoms with van der Waals surface area (Å²) >= 11 is 3.32. The Morgan fingerprint density at radius 2 is 1.87 bits per heavy atom. The van der Waals surface area contributed by atoms with E-state index in [9.17, 15) is 9.59 Å². The number of aryl methyl sites for hydroxylation is 1. The van der Waals surface area contributed by atoms with Gasteiger partial charge in [0.1, 0.15) is 5.82 Å². The van der Waals surface area contributed by atoms with E-state index in [2.05, 4.69) is 36.9 Å². The SMILES string of the molecule is Cc1ccnc(NC(=O)CCNC(=O)Nc2ccc(Br)cc2)c1. The molecule has 1 heterocycles. The van der Waals surface area contributed by atoms with Crippen LogP contribution in [0.4, 0.5) is 16.3 Å². The van der Waals surface area contributed by atoms with E-state index >= 15 is 0 Å². The number of nitrogens with one attached hydrogen (secondary N) is 3. The molecule has 1 aromatic heterocycles. The maximum Gasteiger partial charge on any atom is 0.319 e. The molecule has 0 bridgehead atoms. The minimum absolute atomic E-state index is 0.170. The lowest BCUT2D eigenvalue weighted by molar-refractivity contribution is -0.116. The number of rotatable bonds is 5. The van der Waals surface area contributed by atoms with Crippen LogP contribution in [0.2, 0.25) is 0 Å². The van der Waals surface area contributed by atoms with Crippen LogP contribution >= 0.6 is 15.9 Å². The van der Waals surface area contributed by atoms with Crippen molar-refractivity contribution >= 4 is 39.4 Å². The van der Waals surface area contributed by atoms with Crippen LogP contribution in [0.3, 0.4) is 0 Å². The lowest BCUT2D eigenvalue weighted by Crippen LogP contribution is -2.31. The Labute approximate surface area is 142 Å². The molecule has 0 saturated carbocycles. The van der Waals surface area contributed by atoms with E-state index in [0.717, 1.165) is 10.0 Å². The predicted octanol–water partition coefficient (Wildman–Crippen LogP) is 3.30. The van der Waals surface area contributed by atoms with Gasteiger partial charge in [-0.2, -0.15) is 0 Å². The standard InChI is InChI=1S/C16H17BrN4O2/c1-11-6-8-18-14(10-11)21-15(22)7-9-19-16(23)20-13-4-2-12(17)3-5-13/h2-6,8,10H,7,9H2,1H3,(H,18,21,22)(H2,19,20,23). The molecule has 3 N–H and O–H groups in total. The first kappa shape index (κ1) is 17.0. The molecule has 0 fully saturated rings. The van der Waals surface area contributed by atoms with Gasteiger partial charge in [0.25, 0.3) is 0 Å². The molecular weight excluding hydrogens is 360 g/mol. The number of halogens is 1. The number of benzene rings is 1. The Kier molecular flexibility index (Phi) is 6.10. The number of aromatic nitrogens is 1. The molecular formula is C16H17BrN4O2. The van der Waals surface area contributed by atoms with Crippen molar-refractivity contribution in [1.82, 2.24) is 10.3 Å². The van der Waals surface area contributed by atoms with Crippen LogP contribution < -0.4 is 16.0 Å². The van der Waals surface area contributed by atoms with E-state index in [1.807, 2.05) is 25.1 Å². The zero-order valence-electron chi connectivity index (χ0n) is 12.6. The number of nitrogens with zero attached hydrogens (tertiary/aromatic N) is 1. The molecule has 3 amide bonds. The summed E-state index contributed by atoms with van der Waals surface area (Å²) < 4.78 is 0.935. The maximum atomic E-state index is 11.8. The molecule has 0 radical (unpaired) electrons. The third kappa shape index (κ3) is 6.07. The molecule has 0 aliphatic carbocycles. The highest BCUT2D eigenvalue weighted by atomic mass is 79.9. The number of carbonyl (C=O) groups excluding carboxylic acids is 2. The van der Waals surface area contributed by atoms with Gasteiger partial charge in [0, 0.05) is 29.3 Å². The van der Waals surface area contributed by atoms with Crippen LogP contribution in [0.25, 0.3) is 0 Å². The van der Waals surface area contributed by atoms with Crippen LogP contribution in [0.15, 0.2) is 47.1 Å². The second kappa shape index (κ2) is 8.28. The number of hydrogen-bond acceptors (Lipinski definition) is 3. The smallest absolute Gasteiger partial charge is 0.319 e. The van der Waals surface area contributed by atoms with E-state index in [1.54, 1.807) is 24.4 Å². The first-order chi connectivity index (χ1) is 11.0. The minimum atomic E-state index is -0.353. The molecule has 120 valence electrons. The van der Waals surface area contributed by atoms with Gasteiger partial charge in [-0.05, 0) is 48.9 Å². The first-order valence-electron chi connectivity index (χ1n) is 7.06.